The maximum absolute atomic E-state index is 13.0. The molecule has 1 saturated heterocycles. The summed E-state index contributed by atoms with van der Waals surface area (Å²) in [6.45, 7) is 2.76. The first-order valence-electron chi connectivity index (χ1n) is 9.15. The van der Waals surface area contributed by atoms with Crippen LogP contribution in [0, 0.1) is 0 Å². The van der Waals surface area contributed by atoms with E-state index in [0.717, 1.165) is 24.2 Å². The van der Waals surface area contributed by atoms with Crippen molar-refractivity contribution in [1.29, 1.82) is 0 Å². The summed E-state index contributed by atoms with van der Waals surface area (Å²) in [4.78, 5) is 17.0. The molecule has 27 heavy (non-hydrogen) atoms. The number of rotatable bonds is 6. The summed E-state index contributed by atoms with van der Waals surface area (Å²) in [7, 11) is 1.80. The van der Waals surface area contributed by atoms with E-state index >= 15 is 0 Å². The number of nitrogens with zero attached hydrogens (tertiary/aromatic N) is 2. The van der Waals surface area contributed by atoms with Gasteiger partial charge in [0.2, 0.25) is 5.91 Å². The number of likely N-dealkylation sites (tertiary alicyclic amines) is 1. The molecule has 0 radical (unpaired) electrons. The van der Waals surface area contributed by atoms with E-state index in [0.29, 0.717) is 16.6 Å². The summed E-state index contributed by atoms with van der Waals surface area (Å²) < 4.78 is 0. The van der Waals surface area contributed by atoms with Gasteiger partial charge in [-0.1, -0.05) is 47.5 Å². The first-order valence-corrected chi connectivity index (χ1v) is 9.91. The van der Waals surface area contributed by atoms with E-state index in [9.17, 15) is 9.90 Å². The van der Waals surface area contributed by atoms with Crippen LogP contribution >= 0.6 is 23.2 Å². The maximum atomic E-state index is 13.0. The van der Waals surface area contributed by atoms with Gasteiger partial charge in [-0.15, -0.1) is 0 Å². The average Bonchev–Trinajstić information content (AvgIpc) is 3.16. The van der Waals surface area contributed by atoms with Gasteiger partial charge in [-0.25, -0.2) is 0 Å². The highest BCUT2D eigenvalue weighted by atomic mass is 35.5. The third kappa shape index (κ3) is 4.95. The molecule has 1 N–H and O–H groups in total. The van der Waals surface area contributed by atoms with Crippen LogP contribution in [0.2, 0.25) is 10.0 Å². The molecule has 1 heterocycles. The van der Waals surface area contributed by atoms with Crippen molar-refractivity contribution in [3.05, 3.63) is 63.6 Å². The van der Waals surface area contributed by atoms with Crippen LogP contribution in [0.1, 0.15) is 30.0 Å². The number of halogens is 2. The minimum atomic E-state index is -0.209. The van der Waals surface area contributed by atoms with E-state index in [1.165, 1.54) is 12.8 Å². The Kier molecular flexibility index (Phi) is 6.64. The quantitative estimate of drug-likeness (QED) is 0.765. The fraction of sp³-hybridized carbons (Fsp3) is 0.381. The Labute approximate surface area is 170 Å². The number of phenols is 1. The molecule has 0 saturated carbocycles. The topological polar surface area (TPSA) is 43.8 Å². The molecule has 1 atom stereocenters. The summed E-state index contributed by atoms with van der Waals surface area (Å²) in [5.74, 6) is 0.191. The maximum Gasteiger partial charge on any atom is 0.227 e. The van der Waals surface area contributed by atoms with Crippen LogP contribution in [0.4, 0.5) is 0 Å². The van der Waals surface area contributed by atoms with Gasteiger partial charge in [0.25, 0.3) is 0 Å². The van der Waals surface area contributed by atoms with Crippen molar-refractivity contribution in [3.63, 3.8) is 0 Å². The predicted molar refractivity (Wildman–Crippen MR) is 109 cm³/mol. The van der Waals surface area contributed by atoms with Crippen molar-refractivity contribution in [2.45, 2.75) is 25.3 Å². The second-order valence-electron chi connectivity index (χ2n) is 7.01. The predicted octanol–water partition coefficient (Wildman–Crippen LogP) is 4.54. The molecule has 144 valence electrons. The second kappa shape index (κ2) is 8.96. The Morgan fingerprint density at radius 2 is 1.85 bits per heavy atom. The zero-order chi connectivity index (χ0) is 19.4. The van der Waals surface area contributed by atoms with Crippen LogP contribution in [0.25, 0.3) is 0 Å². The lowest BCUT2D eigenvalue weighted by molar-refractivity contribution is -0.131. The van der Waals surface area contributed by atoms with Crippen molar-refractivity contribution in [2.24, 2.45) is 0 Å². The molecule has 0 aromatic heterocycles. The van der Waals surface area contributed by atoms with E-state index in [4.69, 9.17) is 23.2 Å². The summed E-state index contributed by atoms with van der Waals surface area (Å²) in [5.41, 5.74) is 1.59. The van der Waals surface area contributed by atoms with Crippen molar-refractivity contribution in [3.8, 4) is 5.75 Å². The molecule has 3 rings (SSSR count). The highest BCUT2D eigenvalue weighted by Gasteiger charge is 2.27. The Morgan fingerprint density at radius 1 is 1.15 bits per heavy atom. The number of hydrogen-bond donors (Lipinski definition) is 1. The Balaban J connectivity index is 1.80. The van der Waals surface area contributed by atoms with Gasteiger partial charge in [-0.3, -0.25) is 4.79 Å². The molecule has 0 spiro atoms. The van der Waals surface area contributed by atoms with Crippen molar-refractivity contribution in [2.75, 3.05) is 26.7 Å². The van der Waals surface area contributed by atoms with Crippen molar-refractivity contribution in [1.82, 2.24) is 9.80 Å². The molecule has 1 unspecified atom stereocenters. The van der Waals surface area contributed by atoms with E-state index in [1.807, 2.05) is 18.2 Å². The van der Waals surface area contributed by atoms with Crippen LogP contribution in [0.15, 0.2) is 42.5 Å². The number of likely N-dealkylation sites (N-methyl/N-ethyl adjacent to an activating group) is 1. The Bertz CT molecular complexity index is 807. The third-order valence-electron chi connectivity index (χ3n) is 5.13. The monoisotopic (exact) mass is 406 g/mol. The number of carbonyl (C=O) groups excluding carboxylic acids is 1. The van der Waals surface area contributed by atoms with Crippen LogP contribution in [-0.4, -0.2) is 47.5 Å². The molecule has 1 amide bonds. The molecule has 2 aromatic carbocycles. The van der Waals surface area contributed by atoms with E-state index in [-0.39, 0.29) is 24.1 Å². The smallest absolute Gasteiger partial charge is 0.227 e. The molecule has 1 aliphatic heterocycles. The zero-order valence-corrected chi connectivity index (χ0v) is 16.9. The molecule has 1 fully saturated rings. The highest BCUT2D eigenvalue weighted by molar-refractivity contribution is 6.42. The number of phenolic OH excluding ortho intramolecular Hbond substituents is 1. The minimum Gasteiger partial charge on any atom is -0.508 e. The van der Waals surface area contributed by atoms with Crippen molar-refractivity contribution < 1.29 is 9.90 Å². The van der Waals surface area contributed by atoms with E-state index < -0.39 is 0 Å². The molecule has 1 aliphatic rings. The standard InChI is InChI=1S/C21H24Cl2N2O2/c1-24(21(27)13-15-8-9-17(22)18(23)12-15)19(14-25-10-4-5-11-25)16-6-2-3-7-20(16)26/h2-3,6-9,12,19,26H,4-5,10-11,13-14H2,1H3. The Hall–Kier alpha value is -1.75. The number of aromatic hydroxyl groups is 1. The van der Waals surface area contributed by atoms with Crippen LogP contribution in [-0.2, 0) is 11.2 Å². The van der Waals surface area contributed by atoms with Gasteiger partial charge < -0.3 is 14.9 Å². The first kappa shape index (κ1) is 20.0. The number of carbonyl (C=O) groups is 1. The number of hydrogen-bond acceptors (Lipinski definition) is 3. The SMILES string of the molecule is CN(C(=O)Cc1ccc(Cl)c(Cl)c1)C(CN1CCCC1)c1ccccc1O. The van der Waals surface area contributed by atoms with Gasteiger partial charge in [0.05, 0.1) is 22.5 Å². The number of amides is 1. The molecule has 6 heteroatoms. The fourth-order valence-electron chi connectivity index (χ4n) is 3.53. The van der Waals surface area contributed by atoms with Gasteiger partial charge in [-0.2, -0.15) is 0 Å². The molecular formula is C21H24Cl2N2O2. The highest BCUT2D eigenvalue weighted by Crippen LogP contribution is 2.30. The molecular weight excluding hydrogens is 383 g/mol. The normalized spacial score (nSPS) is 15.7. The third-order valence-corrected chi connectivity index (χ3v) is 5.86. The molecule has 0 bridgehead atoms. The molecule has 0 aliphatic carbocycles. The van der Waals surface area contributed by atoms with E-state index in [2.05, 4.69) is 4.90 Å². The van der Waals surface area contributed by atoms with Gasteiger partial charge in [0, 0.05) is 19.2 Å². The first-order chi connectivity index (χ1) is 13.0. The lowest BCUT2D eigenvalue weighted by Gasteiger charge is -2.32. The van der Waals surface area contributed by atoms with Gasteiger partial charge in [0.15, 0.2) is 0 Å². The molecule has 4 nitrogen and oxygen atoms in total. The lowest BCUT2D eigenvalue weighted by atomic mass is 10.0. The number of para-hydroxylation sites is 1. The fourth-order valence-corrected chi connectivity index (χ4v) is 3.85. The van der Waals surface area contributed by atoms with Gasteiger partial charge in [-0.05, 0) is 49.7 Å². The zero-order valence-electron chi connectivity index (χ0n) is 15.4. The van der Waals surface area contributed by atoms with Gasteiger partial charge in [0.1, 0.15) is 5.75 Å². The van der Waals surface area contributed by atoms with E-state index in [1.54, 1.807) is 36.2 Å². The summed E-state index contributed by atoms with van der Waals surface area (Å²) >= 11 is 12.0. The summed E-state index contributed by atoms with van der Waals surface area (Å²) in [5, 5.41) is 11.3. The average molecular weight is 407 g/mol. The Morgan fingerprint density at radius 3 is 2.52 bits per heavy atom. The summed E-state index contributed by atoms with van der Waals surface area (Å²) in [6.07, 6.45) is 2.58. The number of benzene rings is 2. The summed E-state index contributed by atoms with van der Waals surface area (Å²) in [6, 6.07) is 12.3. The van der Waals surface area contributed by atoms with Crippen LogP contribution in [0.3, 0.4) is 0 Å². The molecule has 2 aromatic rings. The van der Waals surface area contributed by atoms with Gasteiger partial charge >= 0.3 is 0 Å². The second-order valence-corrected chi connectivity index (χ2v) is 7.83. The van der Waals surface area contributed by atoms with Crippen LogP contribution < -0.4 is 0 Å². The lowest BCUT2D eigenvalue weighted by Crippen LogP contribution is -2.39. The van der Waals surface area contributed by atoms with Crippen molar-refractivity contribution >= 4 is 29.1 Å². The minimum absolute atomic E-state index is 0.0270. The van der Waals surface area contributed by atoms with Crippen LogP contribution in [0.5, 0.6) is 5.75 Å². The largest absolute Gasteiger partial charge is 0.508 e.